The summed E-state index contributed by atoms with van der Waals surface area (Å²) in [6, 6.07) is 4.80. The zero-order valence-corrected chi connectivity index (χ0v) is 13.7. The van der Waals surface area contributed by atoms with Crippen LogP contribution in [-0.4, -0.2) is 34.6 Å². The molecule has 1 fully saturated rings. The van der Waals surface area contributed by atoms with Crippen molar-refractivity contribution in [2.24, 2.45) is 0 Å². The van der Waals surface area contributed by atoms with Gasteiger partial charge in [-0.25, -0.2) is 0 Å². The molecule has 2 heterocycles. The predicted octanol–water partition coefficient (Wildman–Crippen LogP) is 3.20. The summed E-state index contributed by atoms with van der Waals surface area (Å²) < 4.78 is 1.04. The summed E-state index contributed by atoms with van der Waals surface area (Å²) in [5.74, 6) is 0. The molecule has 0 aromatic carbocycles. The van der Waals surface area contributed by atoms with Crippen LogP contribution in [0.15, 0.2) is 22.8 Å². The van der Waals surface area contributed by atoms with Crippen molar-refractivity contribution >= 4 is 15.9 Å². The number of hydrogen-bond donors (Lipinski definition) is 1. The number of nitrogens with one attached hydrogen (secondary N) is 1. The zero-order chi connectivity index (χ0) is 13.9. The molecule has 0 spiro atoms. The summed E-state index contributed by atoms with van der Waals surface area (Å²) >= 11 is 3.44. The van der Waals surface area contributed by atoms with Crippen molar-refractivity contribution in [2.75, 3.05) is 13.1 Å². The first-order chi connectivity index (χ1) is 9.01. The van der Waals surface area contributed by atoms with Crippen LogP contribution in [0.1, 0.15) is 39.3 Å². The number of nitrogens with zero attached hydrogens (tertiary/aromatic N) is 2. The molecule has 0 saturated carbocycles. The Morgan fingerprint density at radius 1 is 1.47 bits per heavy atom. The second-order valence-electron chi connectivity index (χ2n) is 6.03. The molecule has 1 saturated heterocycles. The van der Waals surface area contributed by atoms with Crippen LogP contribution in [0.4, 0.5) is 0 Å². The molecule has 1 aliphatic heterocycles. The lowest BCUT2D eigenvalue weighted by Gasteiger charge is -2.46. The van der Waals surface area contributed by atoms with Gasteiger partial charge in [0.15, 0.2) is 0 Å². The van der Waals surface area contributed by atoms with Crippen molar-refractivity contribution in [3.63, 3.8) is 0 Å². The van der Waals surface area contributed by atoms with Crippen LogP contribution < -0.4 is 5.32 Å². The van der Waals surface area contributed by atoms with E-state index in [4.69, 9.17) is 0 Å². The van der Waals surface area contributed by atoms with E-state index >= 15 is 0 Å². The first-order valence-electron chi connectivity index (χ1n) is 7.10. The van der Waals surface area contributed by atoms with Gasteiger partial charge in [-0.1, -0.05) is 13.3 Å². The van der Waals surface area contributed by atoms with Gasteiger partial charge in [0.2, 0.25) is 0 Å². The molecule has 1 aromatic rings. The number of pyridine rings is 1. The Morgan fingerprint density at radius 3 is 2.89 bits per heavy atom. The molecular weight excluding hydrogens is 302 g/mol. The van der Waals surface area contributed by atoms with E-state index in [2.05, 4.69) is 64.0 Å². The summed E-state index contributed by atoms with van der Waals surface area (Å²) in [5.41, 5.74) is 1.34. The highest BCUT2D eigenvalue weighted by atomic mass is 79.9. The van der Waals surface area contributed by atoms with Crippen LogP contribution in [0.2, 0.25) is 0 Å². The molecule has 1 aliphatic rings. The minimum atomic E-state index is 0.193. The lowest BCUT2D eigenvalue weighted by Crippen LogP contribution is -2.61. The average Bonchev–Trinajstić information content (AvgIpc) is 2.37. The fourth-order valence-corrected chi connectivity index (χ4v) is 2.83. The summed E-state index contributed by atoms with van der Waals surface area (Å²) in [5, 5.41) is 3.67. The highest BCUT2D eigenvalue weighted by Gasteiger charge is 2.33. The van der Waals surface area contributed by atoms with Gasteiger partial charge in [0.1, 0.15) is 0 Å². The lowest BCUT2D eigenvalue weighted by atomic mass is 9.95. The minimum Gasteiger partial charge on any atom is -0.311 e. The largest absolute Gasteiger partial charge is 0.311 e. The Kier molecular flexibility index (Phi) is 4.98. The van der Waals surface area contributed by atoms with E-state index < -0.39 is 0 Å². The van der Waals surface area contributed by atoms with E-state index in [9.17, 15) is 0 Å². The van der Waals surface area contributed by atoms with Crippen LogP contribution in [0, 0.1) is 0 Å². The molecule has 0 bridgehead atoms. The predicted molar refractivity (Wildman–Crippen MR) is 83.1 cm³/mol. The summed E-state index contributed by atoms with van der Waals surface area (Å²) in [7, 11) is 0. The Hall–Kier alpha value is -0.450. The number of piperazine rings is 1. The maximum Gasteiger partial charge on any atom is 0.0545 e. The SMILES string of the molecule is CCCC1CN(Cc2ccc(Br)cn2)C(C)(C)CN1. The van der Waals surface area contributed by atoms with Gasteiger partial charge in [-0.3, -0.25) is 9.88 Å². The maximum absolute atomic E-state index is 4.50. The monoisotopic (exact) mass is 325 g/mol. The first kappa shape index (κ1) is 14.9. The van der Waals surface area contributed by atoms with Crippen LogP contribution in [0.3, 0.4) is 0 Å². The van der Waals surface area contributed by atoms with Crippen molar-refractivity contribution in [2.45, 2.75) is 51.7 Å². The summed E-state index contributed by atoms with van der Waals surface area (Å²) in [4.78, 5) is 7.06. The normalized spacial score (nSPS) is 23.5. The second kappa shape index (κ2) is 6.33. The molecule has 2 rings (SSSR count). The number of hydrogen-bond acceptors (Lipinski definition) is 3. The van der Waals surface area contributed by atoms with Gasteiger partial charge in [0.25, 0.3) is 0 Å². The van der Waals surface area contributed by atoms with Gasteiger partial charge in [-0.15, -0.1) is 0 Å². The fraction of sp³-hybridized carbons (Fsp3) is 0.667. The van der Waals surface area contributed by atoms with Crippen LogP contribution in [0.25, 0.3) is 0 Å². The molecular formula is C15H24BrN3. The van der Waals surface area contributed by atoms with Crippen molar-refractivity contribution in [3.8, 4) is 0 Å². The van der Waals surface area contributed by atoms with Gasteiger partial charge < -0.3 is 5.32 Å². The molecule has 0 amide bonds. The Bertz CT molecular complexity index is 402. The molecule has 3 nitrogen and oxygen atoms in total. The Labute approximate surface area is 124 Å². The van der Waals surface area contributed by atoms with Crippen molar-refractivity contribution in [1.29, 1.82) is 0 Å². The van der Waals surface area contributed by atoms with E-state index in [1.165, 1.54) is 12.8 Å². The first-order valence-corrected chi connectivity index (χ1v) is 7.89. The van der Waals surface area contributed by atoms with Crippen LogP contribution in [-0.2, 0) is 6.54 Å². The van der Waals surface area contributed by atoms with Gasteiger partial charge in [-0.2, -0.15) is 0 Å². The molecule has 1 aromatic heterocycles. The molecule has 106 valence electrons. The van der Waals surface area contributed by atoms with Gasteiger partial charge in [0, 0.05) is 41.9 Å². The van der Waals surface area contributed by atoms with Gasteiger partial charge >= 0.3 is 0 Å². The van der Waals surface area contributed by atoms with Crippen LogP contribution in [0.5, 0.6) is 0 Å². The highest BCUT2D eigenvalue weighted by molar-refractivity contribution is 9.10. The molecule has 1 atom stereocenters. The smallest absolute Gasteiger partial charge is 0.0545 e. The van der Waals surface area contributed by atoms with Gasteiger partial charge in [-0.05, 0) is 48.3 Å². The molecule has 1 N–H and O–H groups in total. The van der Waals surface area contributed by atoms with Gasteiger partial charge in [0.05, 0.1) is 5.69 Å². The van der Waals surface area contributed by atoms with Crippen molar-refractivity contribution < 1.29 is 0 Å². The summed E-state index contributed by atoms with van der Waals surface area (Å²) in [6.45, 7) is 9.96. The second-order valence-corrected chi connectivity index (χ2v) is 6.94. The van der Waals surface area contributed by atoms with Crippen molar-refractivity contribution in [1.82, 2.24) is 15.2 Å². The van der Waals surface area contributed by atoms with Crippen LogP contribution >= 0.6 is 15.9 Å². The average molecular weight is 326 g/mol. The topological polar surface area (TPSA) is 28.2 Å². The highest BCUT2D eigenvalue weighted by Crippen LogP contribution is 2.22. The molecule has 4 heteroatoms. The number of aromatic nitrogens is 1. The Balaban J connectivity index is 2.04. The zero-order valence-electron chi connectivity index (χ0n) is 12.1. The summed E-state index contributed by atoms with van der Waals surface area (Å²) in [6.07, 6.45) is 4.37. The van der Waals surface area contributed by atoms with Crippen molar-refractivity contribution in [3.05, 3.63) is 28.5 Å². The third kappa shape index (κ3) is 4.01. The molecule has 0 aliphatic carbocycles. The van der Waals surface area contributed by atoms with E-state index in [1.807, 2.05) is 6.20 Å². The van der Waals surface area contributed by atoms with E-state index in [1.54, 1.807) is 0 Å². The molecule has 0 radical (unpaired) electrons. The molecule has 1 unspecified atom stereocenters. The number of rotatable bonds is 4. The van der Waals surface area contributed by atoms with E-state index in [-0.39, 0.29) is 5.54 Å². The van der Waals surface area contributed by atoms with E-state index in [0.717, 1.165) is 29.8 Å². The standard InChI is InChI=1S/C15H24BrN3/c1-4-5-13-9-19(15(2,3)11-18-13)10-14-7-6-12(16)8-17-14/h6-8,13,18H,4-5,9-11H2,1-3H3. The fourth-order valence-electron chi connectivity index (χ4n) is 2.60. The third-order valence-electron chi connectivity index (χ3n) is 3.90. The maximum atomic E-state index is 4.50. The molecule has 19 heavy (non-hydrogen) atoms. The number of halogens is 1. The minimum absolute atomic E-state index is 0.193. The Morgan fingerprint density at radius 2 is 2.26 bits per heavy atom. The quantitative estimate of drug-likeness (QED) is 0.921. The lowest BCUT2D eigenvalue weighted by molar-refractivity contribution is 0.0552. The third-order valence-corrected chi connectivity index (χ3v) is 4.37. The van der Waals surface area contributed by atoms with E-state index in [0.29, 0.717) is 6.04 Å².